The van der Waals surface area contributed by atoms with E-state index < -0.39 is 6.04 Å². The number of fused-ring (bicyclic) bond motifs is 2. The van der Waals surface area contributed by atoms with Gasteiger partial charge in [-0.15, -0.1) is 0 Å². The number of hydrogen-bond donors (Lipinski definition) is 0. The highest BCUT2D eigenvalue weighted by Gasteiger charge is 2.43. The van der Waals surface area contributed by atoms with Crippen molar-refractivity contribution in [3.8, 4) is 11.5 Å². The van der Waals surface area contributed by atoms with Gasteiger partial charge in [-0.1, -0.05) is 42.0 Å². The van der Waals surface area contributed by atoms with Crippen LogP contribution in [-0.4, -0.2) is 25.0 Å². The second-order valence-electron chi connectivity index (χ2n) is 9.06. The van der Waals surface area contributed by atoms with Crippen molar-refractivity contribution in [2.75, 3.05) is 14.2 Å². The van der Waals surface area contributed by atoms with E-state index >= 15 is 0 Å². The number of carbonyl (C=O) groups excluding carboxylic acids is 1. The molecule has 1 aromatic heterocycles. The molecule has 0 spiro atoms. The number of benzene rings is 3. The first-order chi connectivity index (χ1) is 16.8. The molecule has 0 bridgehead atoms. The summed E-state index contributed by atoms with van der Waals surface area (Å²) in [6.45, 7) is 6.18. The summed E-state index contributed by atoms with van der Waals surface area (Å²) in [7, 11) is 3.13. The lowest BCUT2D eigenvalue weighted by Crippen LogP contribution is -2.29. The fraction of sp³-hybridized carbons (Fsp3) is 0.241. The molecule has 1 atom stereocenters. The number of methoxy groups -OCH3 is 2. The maximum Gasteiger partial charge on any atom is 0.291 e. The lowest BCUT2D eigenvalue weighted by molar-refractivity contribution is 0.0714. The van der Waals surface area contributed by atoms with Gasteiger partial charge in [0.15, 0.2) is 16.9 Å². The first-order valence-electron chi connectivity index (χ1n) is 11.5. The molecule has 1 aliphatic rings. The molecule has 0 fully saturated rings. The van der Waals surface area contributed by atoms with E-state index in [4.69, 9.17) is 13.9 Å². The van der Waals surface area contributed by atoms with E-state index in [0.717, 1.165) is 27.8 Å². The van der Waals surface area contributed by atoms with Gasteiger partial charge in [0.05, 0.1) is 31.2 Å². The van der Waals surface area contributed by atoms with Gasteiger partial charge in [-0.2, -0.15) is 0 Å². The van der Waals surface area contributed by atoms with Crippen LogP contribution in [0.25, 0.3) is 11.0 Å². The Morgan fingerprint density at radius 2 is 1.57 bits per heavy atom. The number of ether oxygens (including phenoxy) is 2. The van der Waals surface area contributed by atoms with Gasteiger partial charge in [-0.3, -0.25) is 9.59 Å². The first kappa shape index (κ1) is 22.7. The minimum atomic E-state index is -0.625. The Kier molecular flexibility index (Phi) is 5.59. The van der Waals surface area contributed by atoms with E-state index in [2.05, 4.69) is 0 Å². The topological polar surface area (TPSA) is 69.0 Å². The Morgan fingerprint density at radius 3 is 2.26 bits per heavy atom. The fourth-order valence-electron chi connectivity index (χ4n) is 4.94. The molecule has 0 N–H and O–H groups in total. The maximum absolute atomic E-state index is 13.9. The van der Waals surface area contributed by atoms with Crippen molar-refractivity contribution in [1.82, 2.24) is 4.90 Å². The van der Waals surface area contributed by atoms with Gasteiger partial charge in [-0.25, -0.2) is 0 Å². The van der Waals surface area contributed by atoms with E-state index in [-0.39, 0.29) is 17.1 Å². The van der Waals surface area contributed by atoms with E-state index in [9.17, 15) is 9.59 Å². The number of carbonyl (C=O) groups is 1. The standard InChI is InChI=1S/C29H27NO5/c1-16-6-8-19(9-7-16)15-30-26(20-10-11-21(33-4)22(14-20)34-5)25-27(31)24-18(3)12-17(2)13-23(24)35-28(25)29(30)32/h6-14,26H,15H2,1-5H3. The molecular weight excluding hydrogens is 442 g/mol. The molecule has 5 rings (SSSR count). The second kappa shape index (κ2) is 8.62. The molecule has 0 saturated carbocycles. The summed E-state index contributed by atoms with van der Waals surface area (Å²) in [6, 6.07) is 16.6. The molecular formula is C29H27NO5. The van der Waals surface area contributed by atoms with Crippen LogP contribution in [0.4, 0.5) is 0 Å². The molecule has 178 valence electrons. The zero-order chi connectivity index (χ0) is 24.9. The zero-order valence-electron chi connectivity index (χ0n) is 20.5. The van der Waals surface area contributed by atoms with Crippen molar-refractivity contribution in [2.45, 2.75) is 33.4 Å². The minimum Gasteiger partial charge on any atom is -0.493 e. The third-order valence-corrected chi connectivity index (χ3v) is 6.61. The second-order valence-corrected chi connectivity index (χ2v) is 9.06. The Balaban J connectivity index is 1.75. The predicted octanol–water partition coefficient (Wildman–Crippen LogP) is 5.48. The lowest BCUT2D eigenvalue weighted by atomic mass is 9.96. The zero-order valence-corrected chi connectivity index (χ0v) is 20.5. The number of amides is 1. The van der Waals surface area contributed by atoms with Crippen LogP contribution in [-0.2, 0) is 6.54 Å². The van der Waals surface area contributed by atoms with E-state index in [1.165, 1.54) is 0 Å². The average molecular weight is 470 g/mol. The van der Waals surface area contributed by atoms with Crippen LogP contribution in [0.1, 0.15) is 50.0 Å². The molecule has 0 radical (unpaired) electrons. The Morgan fingerprint density at radius 1 is 0.857 bits per heavy atom. The summed E-state index contributed by atoms with van der Waals surface area (Å²) in [5, 5.41) is 0.504. The Labute approximate surface area is 203 Å². The van der Waals surface area contributed by atoms with Gasteiger partial charge in [0.1, 0.15) is 5.58 Å². The molecule has 3 aromatic carbocycles. The molecule has 6 heteroatoms. The molecule has 0 aliphatic carbocycles. The highest BCUT2D eigenvalue weighted by molar-refractivity contribution is 5.99. The number of aryl methyl sites for hydroxylation is 3. The van der Waals surface area contributed by atoms with Crippen molar-refractivity contribution < 1.29 is 18.7 Å². The summed E-state index contributed by atoms with van der Waals surface area (Å²) in [6.07, 6.45) is 0. The van der Waals surface area contributed by atoms with Crippen LogP contribution in [0.15, 0.2) is 63.8 Å². The van der Waals surface area contributed by atoms with Gasteiger partial charge in [0.25, 0.3) is 5.91 Å². The van der Waals surface area contributed by atoms with Crippen molar-refractivity contribution >= 4 is 16.9 Å². The van der Waals surface area contributed by atoms with Crippen LogP contribution in [0.3, 0.4) is 0 Å². The predicted molar refractivity (Wildman–Crippen MR) is 134 cm³/mol. The number of rotatable bonds is 5. The SMILES string of the molecule is COc1ccc(C2c3c(oc4cc(C)cc(C)c4c3=O)C(=O)N2Cc2ccc(C)cc2)cc1OC. The Bertz CT molecular complexity index is 1520. The minimum absolute atomic E-state index is 0.0967. The van der Waals surface area contributed by atoms with Gasteiger partial charge >= 0.3 is 0 Å². The lowest BCUT2D eigenvalue weighted by Gasteiger charge is -2.26. The van der Waals surface area contributed by atoms with Crippen LogP contribution in [0, 0.1) is 20.8 Å². The molecule has 6 nitrogen and oxygen atoms in total. The smallest absolute Gasteiger partial charge is 0.291 e. The summed E-state index contributed by atoms with van der Waals surface area (Å²) in [5.41, 5.74) is 5.25. The summed E-state index contributed by atoms with van der Waals surface area (Å²) in [4.78, 5) is 29.3. The van der Waals surface area contributed by atoms with Gasteiger partial charge in [0.2, 0.25) is 5.76 Å². The summed E-state index contributed by atoms with van der Waals surface area (Å²) < 4.78 is 17.1. The fourth-order valence-corrected chi connectivity index (χ4v) is 4.94. The summed E-state index contributed by atoms with van der Waals surface area (Å²) in [5.74, 6) is 0.888. The molecule has 1 unspecified atom stereocenters. The van der Waals surface area contributed by atoms with E-state index in [1.807, 2.05) is 69.3 Å². The van der Waals surface area contributed by atoms with Crippen LogP contribution in [0.2, 0.25) is 0 Å². The first-order valence-corrected chi connectivity index (χ1v) is 11.5. The highest BCUT2D eigenvalue weighted by atomic mass is 16.5. The number of hydrogen-bond acceptors (Lipinski definition) is 5. The largest absolute Gasteiger partial charge is 0.493 e. The average Bonchev–Trinajstić information content (AvgIpc) is 3.11. The monoisotopic (exact) mass is 469 g/mol. The number of nitrogens with zero attached hydrogens (tertiary/aromatic N) is 1. The summed E-state index contributed by atoms with van der Waals surface area (Å²) >= 11 is 0. The van der Waals surface area contributed by atoms with Crippen LogP contribution >= 0.6 is 0 Å². The van der Waals surface area contributed by atoms with Crippen molar-refractivity contribution in [3.63, 3.8) is 0 Å². The quantitative estimate of drug-likeness (QED) is 0.387. The van der Waals surface area contributed by atoms with Gasteiger partial charge in [0, 0.05) is 6.54 Å². The molecule has 0 saturated heterocycles. The Hall–Kier alpha value is -4.06. The molecule has 4 aromatic rings. The van der Waals surface area contributed by atoms with Crippen LogP contribution in [0.5, 0.6) is 11.5 Å². The van der Waals surface area contributed by atoms with E-state index in [1.54, 1.807) is 25.2 Å². The van der Waals surface area contributed by atoms with Crippen molar-refractivity contribution in [1.29, 1.82) is 0 Å². The highest BCUT2D eigenvalue weighted by Crippen LogP contribution is 2.42. The van der Waals surface area contributed by atoms with Gasteiger partial charge < -0.3 is 18.8 Å². The van der Waals surface area contributed by atoms with Crippen molar-refractivity contribution in [3.05, 3.63) is 104 Å². The third kappa shape index (κ3) is 3.75. The third-order valence-electron chi connectivity index (χ3n) is 6.61. The molecule has 1 amide bonds. The maximum atomic E-state index is 13.9. The molecule has 2 heterocycles. The van der Waals surface area contributed by atoms with Crippen LogP contribution < -0.4 is 14.9 Å². The van der Waals surface area contributed by atoms with E-state index in [0.29, 0.717) is 34.6 Å². The van der Waals surface area contributed by atoms with Crippen molar-refractivity contribution in [2.24, 2.45) is 0 Å². The normalized spacial score (nSPS) is 14.9. The molecule has 35 heavy (non-hydrogen) atoms. The van der Waals surface area contributed by atoms with Gasteiger partial charge in [-0.05, 0) is 61.2 Å². The molecule has 1 aliphatic heterocycles.